The topological polar surface area (TPSA) is 20.3 Å². The van der Waals surface area contributed by atoms with Gasteiger partial charge in [0.05, 0.1) is 0 Å². The average Bonchev–Trinajstić information content (AvgIpc) is 2.70. The van der Waals surface area contributed by atoms with Crippen molar-refractivity contribution in [2.45, 2.75) is 33.1 Å². The number of hydrogen-bond acceptors (Lipinski definition) is 1. The lowest BCUT2D eigenvalue weighted by molar-refractivity contribution is -0.131. The number of nitrogens with zero attached hydrogens (tertiary/aromatic N) is 1. The van der Waals surface area contributed by atoms with Gasteiger partial charge >= 0.3 is 0 Å². The fourth-order valence-corrected chi connectivity index (χ4v) is 2.27. The van der Waals surface area contributed by atoms with Crippen LogP contribution in [0, 0.1) is 17.8 Å². The van der Waals surface area contributed by atoms with E-state index in [-0.39, 0.29) is 0 Å². The van der Waals surface area contributed by atoms with E-state index in [0.29, 0.717) is 17.7 Å². The summed E-state index contributed by atoms with van der Waals surface area (Å²) in [6, 6.07) is 0. The predicted molar refractivity (Wildman–Crippen MR) is 52.2 cm³/mol. The molecule has 1 saturated heterocycles. The summed E-state index contributed by atoms with van der Waals surface area (Å²) in [4.78, 5) is 13.9. The van der Waals surface area contributed by atoms with Crippen LogP contribution >= 0.6 is 0 Å². The van der Waals surface area contributed by atoms with Crippen LogP contribution in [0.3, 0.4) is 0 Å². The van der Waals surface area contributed by atoms with Crippen molar-refractivity contribution in [3.8, 4) is 0 Å². The molecule has 1 amide bonds. The molecule has 3 atom stereocenters. The van der Waals surface area contributed by atoms with Crippen molar-refractivity contribution in [2.75, 3.05) is 13.1 Å². The molecule has 74 valence electrons. The van der Waals surface area contributed by atoms with Crippen molar-refractivity contribution in [2.24, 2.45) is 17.8 Å². The Bertz CT molecular complexity index is 214. The zero-order chi connectivity index (χ0) is 9.42. The molecular formula is C11H19NO. The molecule has 1 unspecified atom stereocenters. The Kier molecular flexibility index (Phi) is 2.31. The Morgan fingerprint density at radius 2 is 2.23 bits per heavy atom. The van der Waals surface area contributed by atoms with Crippen LogP contribution in [0.4, 0.5) is 0 Å². The number of likely N-dealkylation sites (tertiary alicyclic amines) is 1. The molecule has 2 heteroatoms. The summed E-state index contributed by atoms with van der Waals surface area (Å²) in [5.41, 5.74) is 0. The van der Waals surface area contributed by atoms with Gasteiger partial charge in [0.25, 0.3) is 0 Å². The molecule has 1 aliphatic heterocycles. The second-order valence-corrected chi connectivity index (χ2v) is 4.67. The SMILES string of the molecule is CCC1CCN(C(=O)[C@H]2C[C@@H]2C)C1. The monoisotopic (exact) mass is 181 g/mol. The highest BCUT2D eigenvalue weighted by molar-refractivity contribution is 5.81. The largest absolute Gasteiger partial charge is 0.342 e. The number of amides is 1. The van der Waals surface area contributed by atoms with E-state index in [0.717, 1.165) is 25.4 Å². The molecule has 0 bridgehead atoms. The Morgan fingerprint density at radius 1 is 1.54 bits per heavy atom. The molecule has 0 N–H and O–H groups in total. The lowest BCUT2D eigenvalue weighted by atomic mass is 10.1. The van der Waals surface area contributed by atoms with Crippen LogP contribution in [0.5, 0.6) is 0 Å². The van der Waals surface area contributed by atoms with Crippen molar-refractivity contribution >= 4 is 5.91 Å². The number of hydrogen-bond donors (Lipinski definition) is 0. The van der Waals surface area contributed by atoms with Crippen LogP contribution in [0.2, 0.25) is 0 Å². The molecule has 0 radical (unpaired) electrons. The number of carbonyl (C=O) groups excluding carboxylic acids is 1. The van der Waals surface area contributed by atoms with Crippen LogP contribution in [0.25, 0.3) is 0 Å². The molecule has 1 aliphatic carbocycles. The lowest BCUT2D eigenvalue weighted by Crippen LogP contribution is -2.30. The molecule has 0 aromatic carbocycles. The van der Waals surface area contributed by atoms with Crippen molar-refractivity contribution in [1.82, 2.24) is 4.90 Å². The van der Waals surface area contributed by atoms with E-state index in [2.05, 4.69) is 18.7 Å². The first-order valence-electron chi connectivity index (χ1n) is 5.51. The van der Waals surface area contributed by atoms with Crippen LogP contribution in [0.1, 0.15) is 33.1 Å². The Hall–Kier alpha value is -0.530. The fourth-order valence-electron chi connectivity index (χ4n) is 2.27. The molecule has 0 spiro atoms. The zero-order valence-corrected chi connectivity index (χ0v) is 8.62. The molecule has 2 aliphatic rings. The summed E-state index contributed by atoms with van der Waals surface area (Å²) in [5.74, 6) is 2.25. The quantitative estimate of drug-likeness (QED) is 0.637. The summed E-state index contributed by atoms with van der Waals surface area (Å²) in [6.07, 6.45) is 3.58. The maximum atomic E-state index is 11.8. The van der Waals surface area contributed by atoms with E-state index in [9.17, 15) is 4.79 Å². The number of carbonyl (C=O) groups is 1. The smallest absolute Gasteiger partial charge is 0.225 e. The molecule has 2 rings (SSSR count). The van der Waals surface area contributed by atoms with Gasteiger partial charge in [0.1, 0.15) is 0 Å². The summed E-state index contributed by atoms with van der Waals surface area (Å²) in [7, 11) is 0. The Balaban J connectivity index is 1.85. The summed E-state index contributed by atoms with van der Waals surface area (Å²) in [5, 5.41) is 0. The molecular weight excluding hydrogens is 162 g/mol. The van der Waals surface area contributed by atoms with Gasteiger partial charge in [0, 0.05) is 19.0 Å². The van der Waals surface area contributed by atoms with E-state index < -0.39 is 0 Å². The normalized spacial score (nSPS) is 38.0. The van der Waals surface area contributed by atoms with E-state index >= 15 is 0 Å². The third kappa shape index (κ3) is 1.72. The van der Waals surface area contributed by atoms with Gasteiger partial charge in [-0.25, -0.2) is 0 Å². The van der Waals surface area contributed by atoms with E-state index in [4.69, 9.17) is 0 Å². The maximum Gasteiger partial charge on any atom is 0.225 e. The number of rotatable bonds is 2. The predicted octanol–water partition coefficient (Wildman–Crippen LogP) is 1.90. The molecule has 2 fully saturated rings. The van der Waals surface area contributed by atoms with Crippen molar-refractivity contribution < 1.29 is 4.79 Å². The molecule has 0 aromatic rings. The minimum Gasteiger partial charge on any atom is -0.342 e. The molecule has 1 saturated carbocycles. The first-order chi connectivity index (χ1) is 6.22. The highest BCUT2D eigenvalue weighted by atomic mass is 16.2. The van der Waals surface area contributed by atoms with E-state index in [1.165, 1.54) is 12.8 Å². The zero-order valence-electron chi connectivity index (χ0n) is 8.62. The minimum atomic E-state index is 0.385. The van der Waals surface area contributed by atoms with Crippen molar-refractivity contribution in [3.63, 3.8) is 0 Å². The molecule has 2 nitrogen and oxygen atoms in total. The van der Waals surface area contributed by atoms with E-state index in [1.807, 2.05) is 0 Å². The minimum absolute atomic E-state index is 0.385. The second-order valence-electron chi connectivity index (χ2n) is 4.67. The van der Waals surface area contributed by atoms with Crippen molar-refractivity contribution in [1.29, 1.82) is 0 Å². The first kappa shape index (κ1) is 9.04. The van der Waals surface area contributed by atoms with Gasteiger partial charge < -0.3 is 4.90 Å². The lowest BCUT2D eigenvalue weighted by Gasteiger charge is -2.15. The molecule has 0 aromatic heterocycles. The fraction of sp³-hybridized carbons (Fsp3) is 0.909. The third-order valence-corrected chi connectivity index (χ3v) is 3.60. The van der Waals surface area contributed by atoms with Gasteiger partial charge in [-0.3, -0.25) is 4.79 Å². The van der Waals surface area contributed by atoms with Gasteiger partial charge in [-0.15, -0.1) is 0 Å². The van der Waals surface area contributed by atoms with Gasteiger partial charge in [0.15, 0.2) is 0 Å². The third-order valence-electron chi connectivity index (χ3n) is 3.60. The van der Waals surface area contributed by atoms with Crippen LogP contribution in [-0.4, -0.2) is 23.9 Å². The highest BCUT2D eigenvalue weighted by Gasteiger charge is 2.42. The van der Waals surface area contributed by atoms with Crippen molar-refractivity contribution in [3.05, 3.63) is 0 Å². The molecule has 13 heavy (non-hydrogen) atoms. The standard InChI is InChI=1S/C11H19NO/c1-3-9-4-5-12(7-9)11(13)10-6-8(10)2/h8-10H,3-7H2,1-2H3/t8-,9?,10-/m0/s1. The average molecular weight is 181 g/mol. The Morgan fingerprint density at radius 3 is 2.69 bits per heavy atom. The van der Waals surface area contributed by atoms with Crippen LogP contribution < -0.4 is 0 Å². The van der Waals surface area contributed by atoms with Gasteiger partial charge in [0.2, 0.25) is 5.91 Å². The van der Waals surface area contributed by atoms with Gasteiger partial charge in [-0.2, -0.15) is 0 Å². The summed E-state index contributed by atoms with van der Waals surface area (Å²) < 4.78 is 0. The summed E-state index contributed by atoms with van der Waals surface area (Å²) >= 11 is 0. The highest BCUT2D eigenvalue weighted by Crippen LogP contribution is 2.40. The second kappa shape index (κ2) is 3.32. The van der Waals surface area contributed by atoms with Gasteiger partial charge in [-0.1, -0.05) is 20.3 Å². The van der Waals surface area contributed by atoms with Crippen LogP contribution in [0.15, 0.2) is 0 Å². The van der Waals surface area contributed by atoms with Crippen LogP contribution in [-0.2, 0) is 4.79 Å². The first-order valence-corrected chi connectivity index (χ1v) is 5.51. The maximum absolute atomic E-state index is 11.8. The molecule has 1 heterocycles. The summed E-state index contributed by atoms with van der Waals surface area (Å²) in [6.45, 7) is 6.44. The Labute approximate surface area is 80.3 Å². The van der Waals surface area contributed by atoms with E-state index in [1.54, 1.807) is 0 Å². The van der Waals surface area contributed by atoms with Gasteiger partial charge in [-0.05, 0) is 24.7 Å².